The van der Waals surface area contributed by atoms with E-state index in [1.165, 1.54) is 9.54 Å². The Bertz CT molecular complexity index is 1500. The Kier molecular flexibility index (Phi) is 6.30. The molecule has 0 fully saturated rings. The van der Waals surface area contributed by atoms with Crippen LogP contribution in [-0.2, 0) is 40.7 Å². The molecule has 0 radical (unpaired) electrons. The van der Waals surface area contributed by atoms with Gasteiger partial charge in [0.25, 0.3) is 5.91 Å². The van der Waals surface area contributed by atoms with Crippen LogP contribution < -0.4 is 0 Å². The van der Waals surface area contributed by atoms with Crippen molar-refractivity contribution in [3.8, 4) is 0 Å². The summed E-state index contributed by atoms with van der Waals surface area (Å²) in [6.45, 7) is 8.82. The first kappa shape index (κ1) is 25.3. The molecular formula is C28H33N3O5S. The van der Waals surface area contributed by atoms with Crippen molar-refractivity contribution in [1.29, 1.82) is 0 Å². The van der Waals surface area contributed by atoms with Gasteiger partial charge in [0.05, 0.1) is 17.8 Å². The highest BCUT2D eigenvalue weighted by Crippen LogP contribution is 2.34. The maximum absolute atomic E-state index is 13.5. The van der Waals surface area contributed by atoms with Crippen LogP contribution in [0.3, 0.4) is 0 Å². The highest BCUT2D eigenvalue weighted by atomic mass is 32.2. The number of nitrogens with zero attached hydrogens (tertiary/aromatic N) is 3. The smallest absolute Gasteiger partial charge is 0.410 e. The topological polar surface area (TPSA) is 88.9 Å². The zero-order valence-electron chi connectivity index (χ0n) is 21.8. The number of carbonyl (C=O) groups is 2. The molecule has 2 amide bonds. The Labute approximate surface area is 217 Å². The number of aromatic nitrogens is 1. The molecular weight excluding hydrogens is 490 g/mol. The molecule has 9 heteroatoms. The zero-order chi connectivity index (χ0) is 26.5. The quantitative estimate of drug-likeness (QED) is 0.510. The van der Waals surface area contributed by atoms with Gasteiger partial charge in [0.15, 0.2) is 0 Å². The Morgan fingerprint density at radius 3 is 2.35 bits per heavy atom. The van der Waals surface area contributed by atoms with E-state index < -0.39 is 21.7 Å². The molecule has 196 valence electrons. The van der Waals surface area contributed by atoms with Gasteiger partial charge in [-0.3, -0.25) is 4.79 Å². The van der Waals surface area contributed by atoms with E-state index in [9.17, 15) is 18.0 Å². The first-order chi connectivity index (χ1) is 17.5. The highest BCUT2D eigenvalue weighted by Gasteiger charge is 2.33. The number of fused-ring (bicyclic) bond motifs is 4. The molecule has 0 saturated heterocycles. The summed E-state index contributed by atoms with van der Waals surface area (Å²) in [6.07, 6.45) is 0.751. The van der Waals surface area contributed by atoms with Gasteiger partial charge in [-0.15, -0.1) is 0 Å². The van der Waals surface area contributed by atoms with Crippen LogP contribution in [0.2, 0.25) is 0 Å². The van der Waals surface area contributed by atoms with Gasteiger partial charge >= 0.3 is 6.09 Å². The predicted molar refractivity (Wildman–Crippen MR) is 142 cm³/mol. The van der Waals surface area contributed by atoms with Crippen LogP contribution in [0.1, 0.15) is 60.4 Å². The number of rotatable bonds is 3. The molecule has 2 aromatic carbocycles. The van der Waals surface area contributed by atoms with Crippen LogP contribution in [0.4, 0.5) is 4.79 Å². The van der Waals surface area contributed by atoms with E-state index in [1.807, 2.05) is 37.8 Å². The summed E-state index contributed by atoms with van der Waals surface area (Å²) in [5.41, 5.74) is 4.25. The van der Waals surface area contributed by atoms with Crippen molar-refractivity contribution in [2.75, 3.05) is 18.8 Å². The Hall–Kier alpha value is -3.33. The largest absolute Gasteiger partial charge is 0.444 e. The average molecular weight is 524 g/mol. The molecule has 1 aromatic heterocycles. The summed E-state index contributed by atoms with van der Waals surface area (Å²) in [5, 5.41) is 0.684. The van der Waals surface area contributed by atoms with Crippen molar-refractivity contribution in [2.24, 2.45) is 0 Å². The highest BCUT2D eigenvalue weighted by molar-refractivity contribution is 7.90. The van der Waals surface area contributed by atoms with Gasteiger partial charge in [0.1, 0.15) is 5.60 Å². The fourth-order valence-electron chi connectivity index (χ4n) is 5.23. The average Bonchev–Trinajstić information content (AvgIpc) is 3.20. The Balaban J connectivity index is 1.54. The van der Waals surface area contributed by atoms with E-state index in [4.69, 9.17) is 4.74 Å². The molecule has 2 aliphatic heterocycles. The standard InChI is InChI=1S/C28H33N3O5S/c1-5-37(34,35)31-24-11-10-20(26(32)29-14-12-19-8-6-7-9-21(19)17-29)16-22(24)23-18-30(15-13-25(23)31)27(33)36-28(2,3)4/h6-11,16H,5,12-15,17-18H2,1-4H3. The molecule has 0 unspecified atom stereocenters. The summed E-state index contributed by atoms with van der Waals surface area (Å²) in [7, 11) is -3.59. The predicted octanol–water partition coefficient (Wildman–Crippen LogP) is 4.33. The van der Waals surface area contributed by atoms with E-state index in [1.54, 1.807) is 30.0 Å². The third-order valence-corrected chi connectivity index (χ3v) is 8.76. The number of benzene rings is 2. The van der Waals surface area contributed by atoms with Crippen LogP contribution in [0.15, 0.2) is 42.5 Å². The van der Waals surface area contributed by atoms with Crippen LogP contribution >= 0.6 is 0 Å². The second-order valence-corrected chi connectivity index (χ2v) is 12.8. The van der Waals surface area contributed by atoms with Crippen LogP contribution in [0.25, 0.3) is 10.9 Å². The van der Waals surface area contributed by atoms with E-state index in [2.05, 4.69) is 12.1 Å². The molecule has 37 heavy (non-hydrogen) atoms. The van der Waals surface area contributed by atoms with Gasteiger partial charge in [-0.2, -0.15) is 0 Å². The van der Waals surface area contributed by atoms with Crippen molar-refractivity contribution in [3.05, 3.63) is 70.4 Å². The fraction of sp³-hybridized carbons (Fsp3) is 0.429. The summed E-state index contributed by atoms with van der Waals surface area (Å²) in [4.78, 5) is 29.8. The second kappa shape index (κ2) is 9.20. The third kappa shape index (κ3) is 4.72. The minimum absolute atomic E-state index is 0.0487. The summed E-state index contributed by atoms with van der Waals surface area (Å²) >= 11 is 0. The molecule has 5 rings (SSSR count). The van der Waals surface area contributed by atoms with E-state index >= 15 is 0 Å². The summed E-state index contributed by atoms with van der Waals surface area (Å²) < 4.78 is 33.2. The van der Waals surface area contributed by atoms with Gasteiger partial charge in [0, 0.05) is 48.3 Å². The van der Waals surface area contributed by atoms with E-state index in [0.717, 1.165) is 17.5 Å². The first-order valence-electron chi connectivity index (χ1n) is 12.7. The van der Waals surface area contributed by atoms with Crippen LogP contribution in [-0.4, -0.2) is 58.6 Å². The molecule has 3 aromatic rings. The van der Waals surface area contributed by atoms with Crippen LogP contribution in [0, 0.1) is 0 Å². The number of hydrogen-bond donors (Lipinski definition) is 0. The lowest BCUT2D eigenvalue weighted by Crippen LogP contribution is -2.40. The minimum atomic E-state index is -3.59. The molecule has 8 nitrogen and oxygen atoms in total. The summed E-state index contributed by atoms with van der Waals surface area (Å²) in [6, 6.07) is 13.4. The number of carbonyl (C=O) groups excluding carboxylic acids is 2. The first-order valence-corrected chi connectivity index (χ1v) is 14.3. The SMILES string of the molecule is CCS(=O)(=O)n1c2c(c3cc(C(=O)N4CCc5ccccc5C4)ccc31)CN(C(=O)OC(C)(C)C)CC2. The van der Waals surface area contributed by atoms with Gasteiger partial charge in [-0.1, -0.05) is 24.3 Å². The normalized spacial score (nSPS) is 15.9. The molecule has 0 N–H and O–H groups in total. The van der Waals surface area contributed by atoms with Gasteiger partial charge in [-0.05, 0) is 63.4 Å². The second-order valence-electron chi connectivity index (χ2n) is 10.7. The molecule has 0 aliphatic carbocycles. The van der Waals surface area contributed by atoms with Crippen molar-refractivity contribution >= 4 is 32.9 Å². The zero-order valence-corrected chi connectivity index (χ0v) is 22.6. The lowest BCUT2D eigenvalue weighted by Gasteiger charge is -2.30. The number of ether oxygens (including phenoxy) is 1. The van der Waals surface area contributed by atoms with Crippen molar-refractivity contribution in [3.63, 3.8) is 0 Å². The Morgan fingerprint density at radius 2 is 1.65 bits per heavy atom. The molecule has 0 atom stereocenters. The van der Waals surface area contributed by atoms with Crippen molar-refractivity contribution < 1.29 is 22.7 Å². The Morgan fingerprint density at radius 1 is 0.946 bits per heavy atom. The lowest BCUT2D eigenvalue weighted by atomic mass is 9.98. The molecule has 0 bridgehead atoms. The van der Waals surface area contributed by atoms with Gasteiger partial charge < -0.3 is 14.5 Å². The number of hydrogen-bond acceptors (Lipinski definition) is 5. The monoisotopic (exact) mass is 523 g/mol. The maximum atomic E-state index is 13.5. The molecule has 3 heterocycles. The van der Waals surface area contributed by atoms with Crippen LogP contribution in [0.5, 0.6) is 0 Å². The van der Waals surface area contributed by atoms with Crippen molar-refractivity contribution in [1.82, 2.24) is 13.8 Å². The molecule has 0 spiro atoms. The molecule has 0 saturated carbocycles. The van der Waals surface area contributed by atoms with E-state index in [-0.39, 0.29) is 18.2 Å². The summed E-state index contributed by atoms with van der Waals surface area (Å²) in [5.74, 6) is -0.136. The lowest BCUT2D eigenvalue weighted by molar-refractivity contribution is 0.0224. The van der Waals surface area contributed by atoms with Crippen molar-refractivity contribution in [2.45, 2.75) is 59.2 Å². The van der Waals surface area contributed by atoms with Gasteiger partial charge in [0.2, 0.25) is 10.0 Å². The third-order valence-electron chi connectivity index (χ3n) is 7.06. The fourth-order valence-corrected chi connectivity index (χ4v) is 6.49. The maximum Gasteiger partial charge on any atom is 0.410 e. The van der Waals surface area contributed by atoms with E-state index in [0.29, 0.717) is 48.2 Å². The van der Waals surface area contributed by atoms with Gasteiger partial charge in [-0.25, -0.2) is 17.2 Å². The molecule has 2 aliphatic rings. The minimum Gasteiger partial charge on any atom is -0.444 e. The number of amides is 2.